The lowest BCUT2D eigenvalue weighted by Crippen LogP contribution is -2.40. The van der Waals surface area contributed by atoms with Gasteiger partial charge in [0.2, 0.25) is 5.91 Å². The molecule has 0 saturated heterocycles. The minimum atomic E-state index is -0.808. The van der Waals surface area contributed by atoms with Crippen LogP contribution in [-0.2, 0) is 16.1 Å². The molecular weight excluding hydrogens is 359 g/mol. The predicted octanol–water partition coefficient (Wildman–Crippen LogP) is 3.61. The summed E-state index contributed by atoms with van der Waals surface area (Å²) in [7, 11) is 0. The largest absolute Gasteiger partial charge is 0.457 e. The van der Waals surface area contributed by atoms with Crippen LogP contribution in [0.3, 0.4) is 0 Å². The molecule has 1 unspecified atom stereocenters. The van der Waals surface area contributed by atoms with Gasteiger partial charge >= 0.3 is 0 Å². The first-order chi connectivity index (χ1) is 13.5. The van der Waals surface area contributed by atoms with Gasteiger partial charge in [-0.1, -0.05) is 30.3 Å². The summed E-state index contributed by atoms with van der Waals surface area (Å²) in [5, 5.41) is 0. The van der Waals surface area contributed by atoms with Crippen LogP contribution in [0.25, 0.3) is 11.1 Å². The predicted molar refractivity (Wildman–Crippen MR) is 105 cm³/mol. The highest BCUT2D eigenvalue weighted by atomic mass is 19.1. The van der Waals surface area contributed by atoms with Gasteiger partial charge in [-0.05, 0) is 59.2 Å². The fourth-order valence-corrected chi connectivity index (χ4v) is 2.58. The number of carbonyl (C=O) groups is 1. The maximum Gasteiger partial charge on any atom is 0.236 e. The monoisotopic (exact) mass is 380 g/mol. The van der Waals surface area contributed by atoms with Gasteiger partial charge in [-0.3, -0.25) is 4.79 Å². The maximum atomic E-state index is 13.0. The second-order valence-electron chi connectivity index (χ2n) is 6.30. The Hall–Kier alpha value is -3.22. The van der Waals surface area contributed by atoms with Crippen molar-refractivity contribution in [3.05, 3.63) is 84.2 Å². The van der Waals surface area contributed by atoms with Crippen LogP contribution in [0.15, 0.2) is 72.8 Å². The molecule has 0 aliphatic heterocycles. The molecule has 3 aromatic carbocycles. The van der Waals surface area contributed by atoms with Gasteiger partial charge in [0.05, 0.1) is 13.2 Å². The third kappa shape index (κ3) is 5.39. The van der Waals surface area contributed by atoms with Gasteiger partial charge in [0.25, 0.3) is 0 Å². The molecule has 3 rings (SSSR count). The second-order valence-corrected chi connectivity index (χ2v) is 6.30. The molecule has 0 heterocycles. The number of benzene rings is 3. The summed E-state index contributed by atoms with van der Waals surface area (Å²) in [4.78, 5) is 10.9. The standard InChI is InChI=1S/C22H21FN2O3/c23-18-6-10-20(11-7-18)28-19-8-4-16(5-9-19)17-3-1-2-15(12-17)13-27-14-21(24)22(25)26/h1-12,21H,13-14,24H2,(H2,25,26). The topological polar surface area (TPSA) is 87.6 Å². The summed E-state index contributed by atoms with van der Waals surface area (Å²) >= 11 is 0. The molecule has 6 heteroatoms. The fraction of sp³-hybridized carbons (Fsp3) is 0.136. The number of nitrogens with two attached hydrogens (primary N) is 2. The molecule has 0 aliphatic carbocycles. The number of carbonyl (C=O) groups excluding carboxylic acids is 1. The molecule has 4 N–H and O–H groups in total. The molecule has 0 aromatic heterocycles. The van der Waals surface area contributed by atoms with Gasteiger partial charge in [0.1, 0.15) is 23.4 Å². The summed E-state index contributed by atoms with van der Waals surface area (Å²) in [5.41, 5.74) is 13.7. The van der Waals surface area contributed by atoms with Crippen molar-refractivity contribution in [3.8, 4) is 22.6 Å². The maximum absolute atomic E-state index is 13.0. The molecule has 1 atom stereocenters. The lowest BCUT2D eigenvalue weighted by Gasteiger charge is -2.10. The van der Waals surface area contributed by atoms with E-state index in [4.69, 9.17) is 20.9 Å². The van der Waals surface area contributed by atoms with Gasteiger partial charge in [0, 0.05) is 0 Å². The highest BCUT2D eigenvalue weighted by Crippen LogP contribution is 2.26. The van der Waals surface area contributed by atoms with Crippen molar-refractivity contribution in [2.45, 2.75) is 12.6 Å². The van der Waals surface area contributed by atoms with Crippen molar-refractivity contribution in [1.82, 2.24) is 0 Å². The number of halogens is 1. The lowest BCUT2D eigenvalue weighted by molar-refractivity contribution is -0.120. The first kappa shape index (κ1) is 19.5. The Morgan fingerprint density at radius 3 is 2.21 bits per heavy atom. The van der Waals surface area contributed by atoms with Crippen molar-refractivity contribution >= 4 is 5.91 Å². The average molecular weight is 380 g/mol. The van der Waals surface area contributed by atoms with E-state index >= 15 is 0 Å². The molecule has 0 saturated carbocycles. The number of rotatable bonds is 8. The van der Waals surface area contributed by atoms with Crippen LogP contribution in [0.1, 0.15) is 5.56 Å². The zero-order valence-corrected chi connectivity index (χ0v) is 15.2. The van der Waals surface area contributed by atoms with Crippen LogP contribution in [0.4, 0.5) is 4.39 Å². The number of hydrogen-bond donors (Lipinski definition) is 2. The molecule has 0 bridgehead atoms. The van der Waals surface area contributed by atoms with Crippen LogP contribution < -0.4 is 16.2 Å². The minimum absolute atomic E-state index is 0.0784. The van der Waals surface area contributed by atoms with E-state index < -0.39 is 11.9 Å². The average Bonchev–Trinajstić information content (AvgIpc) is 2.70. The molecule has 0 aliphatic rings. The quantitative estimate of drug-likeness (QED) is 0.625. The fourth-order valence-electron chi connectivity index (χ4n) is 2.58. The van der Waals surface area contributed by atoms with Crippen LogP contribution in [0.5, 0.6) is 11.5 Å². The third-order valence-electron chi connectivity index (χ3n) is 4.10. The summed E-state index contributed by atoms with van der Waals surface area (Å²) in [6.07, 6.45) is 0. The Bertz CT molecular complexity index is 927. The number of primary amides is 1. The van der Waals surface area contributed by atoms with Crippen molar-refractivity contribution in [1.29, 1.82) is 0 Å². The SMILES string of the molecule is NC(=O)C(N)COCc1cccc(-c2ccc(Oc3ccc(F)cc3)cc2)c1. The van der Waals surface area contributed by atoms with Crippen molar-refractivity contribution in [2.75, 3.05) is 6.61 Å². The molecule has 28 heavy (non-hydrogen) atoms. The van der Waals surface area contributed by atoms with Crippen molar-refractivity contribution in [2.24, 2.45) is 11.5 Å². The number of amides is 1. The van der Waals surface area contributed by atoms with E-state index in [2.05, 4.69) is 0 Å². The molecule has 0 fully saturated rings. The van der Waals surface area contributed by atoms with Crippen LogP contribution in [0, 0.1) is 5.82 Å². The smallest absolute Gasteiger partial charge is 0.236 e. The number of ether oxygens (including phenoxy) is 2. The van der Waals surface area contributed by atoms with E-state index in [-0.39, 0.29) is 12.4 Å². The Kier molecular flexibility index (Phi) is 6.37. The van der Waals surface area contributed by atoms with Gasteiger partial charge in [0.15, 0.2) is 0 Å². The second kappa shape index (κ2) is 9.12. The lowest BCUT2D eigenvalue weighted by atomic mass is 10.0. The molecular formula is C22H21FN2O3. The zero-order valence-electron chi connectivity index (χ0n) is 15.2. The van der Waals surface area contributed by atoms with E-state index in [9.17, 15) is 9.18 Å². The first-order valence-corrected chi connectivity index (χ1v) is 8.77. The van der Waals surface area contributed by atoms with Gasteiger partial charge in [-0.2, -0.15) is 0 Å². The highest BCUT2D eigenvalue weighted by Gasteiger charge is 2.09. The summed E-state index contributed by atoms with van der Waals surface area (Å²) < 4.78 is 24.1. The summed E-state index contributed by atoms with van der Waals surface area (Å²) in [5.74, 6) is 0.345. The molecule has 144 valence electrons. The summed E-state index contributed by atoms with van der Waals surface area (Å²) in [6.45, 7) is 0.412. The van der Waals surface area contributed by atoms with E-state index in [1.807, 2.05) is 48.5 Å². The molecule has 0 spiro atoms. The van der Waals surface area contributed by atoms with Gasteiger partial charge in [-0.15, -0.1) is 0 Å². The summed E-state index contributed by atoms with van der Waals surface area (Å²) in [6, 6.07) is 20.5. The first-order valence-electron chi connectivity index (χ1n) is 8.77. The van der Waals surface area contributed by atoms with Crippen LogP contribution in [-0.4, -0.2) is 18.6 Å². The Labute approximate surface area is 162 Å². The highest BCUT2D eigenvalue weighted by molar-refractivity contribution is 5.79. The Morgan fingerprint density at radius 1 is 0.929 bits per heavy atom. The zero-order chi connectivity index (χ0) is 19.9. The van der Waals surface area contributed by atoms with E-state index in [1.54, 1.807) is 12.1 Å². The van der Waals surface area contributed by atoms with Crippen LogP contribution in [0.2, 0.25) is 0 Å². The van der Waals surface area contributed by atoms with Gasteiger partial charge in [-0.25, -0.2) is 4.39 Å². The third-order valence-corrected chi connectivity index (χ3v) is 4.10. The van der Waals surface area contributed by atoms with Crippen molar-refractivity contribution in [3.63, 3.8) is 0 Å². The van der Waals surface area contributed by atoms with E-state index in [0.717, 1.165) is 16.7 Å². The van der Waals surface area contributed by atoms with Gasteiger partial charge < -0.3 is 20.9 Å². The van der Waals surface area contributed by atoms with Crippen LogP contribution >= 0.6 is 0 Å². The Balaban J connectivity index is 1.63. The van der Waals surface area contributed by atoms with E-state index in [0.29, 0.717) is 18.1 Å². The molecule has 0 radical (unpaired) electrons. The number of hydrogen-bond acceptors (Lipinski definition) is 4. The molecule has 5 nitrogen and oxygen atoms in total. The molecule has 3 aromatic rings. The van der Waals surface area contributed by atoms with Crippen molar-refractivity contribution < 1.29 is 18.7 Å². The minimum Gasteiger partial charge on any atom is -0.457 e. The Morgan fingerprint density at radius 2 is 1.57 bits per heavy atom. The molecule has 1 amide bonds. The normalized spacial score (nSPS) is 11.8. The van der Waals surface area contributed by atoms with E-state index in [1.165, 1.54) is 12.1 Å².